The summed E-state index contributed by atoms with van der Waals surface area (Å²) < 4.78 is 33.1. The number of carbonyl (C=O) groups excluding carboxylic acids is 2. The van der Waals surface area contributed by atoms with Crippen molar-refractivity contribution >= 4 is 23.2 Å². The molecule has 2 fully saturated rings. The molecule has 1 unspecified atom stereocenters. The number of hydrogen-bond donors (Lipinski definition) is 1. The molecule has 2 amide bonds. The van der Waals surface area contributed by atoms with E-state index in [0.717, 1.165) is 25.0 Å². The summed E-state index contributed by atoms with van der Waals surface area (Å²) in [7, 11) is 0. The van der Waals surface area contributed by atoms with Crippen molar-refractivity contribution in [3.8, 4) is 5.75 Å². The highest BCUT2D eigenvalue weighted by Crippen LogP contribution is 2.29. The summed E-state index contributed by atoms with van der Waals surface area (Å²) in [4.78, 5) is 26.1. The monoisotopic (exact) mass is 400 g/mol. The average Bonchev–Trinajstić information content (AvgIpc) is 3.32. The fourth-order valence-electron chi connectivity index (χ4n) is 3.91. The van der Waals surface area contributed by atoms with Gasteiger partial charge in [-0.2, -0.15) is 0 Å². The van der Waals surface area contributed by atoms with Crippen molar-refractivity contribution < 1.29 is 23.1 Å². The molecule has 1 aliphatic carbocycles. The highest BCUT2D eigenvalue weighted by Gasteiger charge is 2.36. The Morgan fingerprint density at radius 3 is 2.66 bits per heavy atom. The second-order valence-electron chi connectivity index (χ2n) is 7.54. The number of anilines is 2. The zero-order valence-electron chi connectivity index (χ0n) is 15.9. The first-order valence-electron chi connectivity index (χ1n) is 9.82. The molecule has 1 N–H and O–H groups in total. The van der Waals surface area contributed by atoms with Crippen LogP contribution in [0.1, 0.15) is 32.1 Å². The zero-order valence-corrected chi connectivity index (χ0v) is 15.9. The Morgan fingerprint density at radius 1 is 1.10 bits per heavy atom. The lowest BCUT2D eigenvalue weighted by molar-refractivity contribution is -0.122. The van der Waals surface area contributed by atoms with E-state index >= 15 is 0 Å². The molecule has 29 heavy (non-hydrogen) atoms. The first kappa shape index (κ1) is 19.4. The number of amides is 2. The van der Waals surface area contributed by atoms with E-state index < -0.39 is 17.6 Å². The van der Waals surface area contributed by atoms with Crippen LogP contribution >= 0.6 is 0 Å². The zero-order chi connectivity index (χ0) is 20.4. The maximum Gasteiger partial charge on any atom is 0.229 e. The second-order valence-corrected chi connectivity index (χ2v) is 7.54. The quantitative estimate of drug-likeness (QED) is 0.815. The molecular weight excluding hydrogens is 378 g/mol. The van der Waals surface area contributed by atoms with E-state index in [-0.39, 0.29) is 36.6 Å². The van der Waals surface area contributed by atoms with Crippen LogP contribution in [0.15, 0.2) is 42.5 Å². The van der Waals surface area contributed by atoms with Crippen LogP contribution in [0, 0.1) is 17.6 Å². The molecule has 7 heteroatoms. The largest absolute Gasteiger partial charge is 0.490 e. The predicted molar refractivity (Wildman–Crippen MR) is 105 cm³/mol. The van der Waals surface area contributed by atoms with E-state index in [4.69, 9.17) is 4.74 Å². The minimum atomic E-state index is -0.823. The minimum Gasteiger partial charge on any atom is -0.490 e. The fourth-order valence-corrected chi connectivity index (χ4v) is 3.91. The highest BCUT2D eigenvalue weighted by atomic mass is 19.1. The van der Waals surface area contributed by atoms with Crippen molar-refractivity contribution in [3.63, 3.8) is 0 Å². The third-order valence-corrected chi connectivity index (χ3v) is 5.40. The molecule has 2 aliphatic rings. The second kappa shape index (κ2) is 8.19. The Bertz CT molecular complexity index is 928. The highest BCUT2D eigenvalue weighted by molar-refractivity contribution is 6.03. The summed E-state index contributed by atoms with van der Waals surface area (Å²) in [5, 5.41) is 2.81. The molecule has 0 spiro atoms. The number of nitrogens with one attached hydrogen (secondary N) is 1. The lowest BCUT2D eigenvalue weighted by Gasteiger charge is -2.18. The number of ether oxygens (including phenoxy) is 1. The summed E-state index contributed by atoms with van der Waals surface area (Å²) >= 11 is 0. The van der Waals surface area contributed by atoms with Gasteiger partial charge in [0.25, 0.3) is 0 Å². The first-order chi connectivity index (χ1) is 14.0. The van der Waals surface area contributed by atoms with Gasteiger partial charge in [-0.05, 0) is 49.9 Å². The van der Waals surface area contributed by atoms with Crippen molar-refractivity contribution in [2.24, 2.45) is 5.92 Å². The number of hydrogen-bond acceptors (Lipinski definition) is 3. The van der Waals surface area contributed by atoms with E-state index in [9.17, 15) is 18.4 Å². The maximum atomic E-state index is 14.0. The van der Waals surface area contributed by atoms with Gasteiger partial charge in [0.2, 0.25) is 11.8 Å². The summed E-state index contributed by atoms with van der Waals surface area (Å²) in [5.41, 5.74) is 0.572. The lowest BCUT2D eigenvalue weighted by Crippen LogP contribution is -2.28. The van der Waals surface area contributed by atoms with Crippen molar-refractivity contribution in [1.29, 1.82) is 0 Å². The van der Waals surface area contributed by atoms with Crippen LogP contribution in [-0.4, -0.2) is 24.5 Å². The minimum absolute atomic E-state index is 0.0151. The van der Waals surface area contributed by atoms with E-state index in [1.807, 2.05) is 6.07 Å². The fraction of sp³-hybridized carbons (Fsp3) is 0.364. The topological polar surface area (TPSA) is 58.6 Å². The first-order valence-corrected chi connectivity index (χ1v) is 9.82. The van der Waals surface area contributed by atoms with Gasteiger partial charge in [-0.25, -0.2) is 8.78 Å². The van der Waals surface area contributed by atoms with E-state index in [1.54, 1.807) is 18.2 Å². The molecule has 2 aromatic carbocycles. The molecule has 152 valence electrons. The van der Waals surface area contributed by atoms with Gasteiger partial charge in [0.05, 0.1) is 17.7 Å². The van der Waals surface area contributed by atoms with Crippen molar-refractivity contribution in [1.82, 2.24) is 0 Å². The Balaban J connectivity index is 1.40. The summed E-state index contributed by atoms with van der Waals surface area (Å²) in [6.07, 6.45) is 4.60. The third-order valence-electron chi connectivity index (χ3n) is 5.40. The third kappa shape index (κ3) is 4.39. The Kier molecular flexibility index (Phi) is 5.47. The van der Waals surface area contributed by atoms with Gasteiger partial charge in [0, 0.05) is 30.8 Å². The lowest BCUT2D eigenvalue weighted by atomic mass is 10.1. The maximum absolute atomic E-state index is 14.0. The number of rotatable bonds is 5. The van der Waals surface area contributed by atoms with Crippen LogP contribution in [0.5, 0.6) is 5.75 Å². The van der Waals surface area contributed by atoms with Crippen molar-refractivity contribution in [2.75, 3.05) is 16.8 Å². The van der Waals surface area contributed by atoms with Gasteiger partial charge >= 0.3 is 0 Å². The van der Waals surface area contributed by atoms with Gasteiger partial charge in [0.15, 0.2) is 0 Å². The molecule has 0 bridgehead atoms. The number of benzene rings is 2. The van der Waals surface area contributed by atoms with Gasteiger partial charge in [-0.3, -0.25) is 9.59 Å². The van der Waals surface area contributed by atoms with E-state index in [2.05, 4.69) is 5.32 Å². The molecule has 0 radical (unpaired) electrons. The van der Waals surface area contributed by atoms with Crippen molar-refractivity contribution in [3.05, 3.63) is 54.1 Å². The van der Waals surface area contributed by atoms with Gasteiger partial charge in [-0.1, -0.05) is 6.07 Å². The van der Waals surface area contributed by atoms with Crippen LogP contribution in [0.3, 0.4) is 0 Å². The summed E-state index contributed by atoms with van der Waals surface area (Å²) in [6, 6.07) is 10.2. The standard InChI is InChI=1S/C22H22F2N2O3/c23-15-8-9-20(19(24)11-15)26-13-14(10-21(26)27)22(28)25-16-4-3-7-18(12-16)29-17-5-1-2-6-17/h3-4,7-9,11-12,14,17H,1-2,5-6,10,13H2,(H,25,28). The Morgan fingerprint density at radius 2 is 1.90 bits per heavy atom. The molecule has 5 nitrogen and oxygen atoms in total. The summed E-state index contributed by atoms with van der Waals surface area (Å²) in [5.74, 6) is -2.14. The molecule has 4 rings (SSSR count). The summed E-state index contributed by atoms with van der Waals surface area (Å²) in [6.45, 7) is 0.0471. The van der Waals surface area contributed by atoms with Crippen molar-refractivity contribution in [2.45, 2.75) is 38.2 Å². The molecule has 1 saturated carbocycles. The number of nitrogens with zero attached hydrogens (tertiary/aromatic N) is 1. The molecule has 1 saturated heterocycles. The van der Waals surface area contributed by atoms with Crippen LogP contribution in [0.25, 0.3) is 0 Å². The Labute approximate surface area is 167 Å². The molecule has 0 aromatic heterocycles. The molecule has 1 atom stereocenters. The van der Waals surface area contributed by atoms with Gasteiger partial charge < -0.3 is 15.0 Å². The SMILES string of the molecule is O=C(Nc1cccc(OC2CCCC2)c1)C1CC(=O)N(c2ccc(F)cc2F)C1. The average molecular weight is 400 g/mol. The molecule has 1 aliphatic heterocycles. The normalized spacial score (nSPS) is 19.6. The smallest absolute Gasteiger partial charge is 0.229 e. The Hall–Kier alpha value is -2.96. The van der Waals surface area contributed by atoms with E-state index in [1.165, 1.54) is 23.8 Å². The van der Waals surface area contributed by atoms with Gasteiger partial charge in [-0.15, -0.1) is 0 Å². The van der Waals surface area contributed by atoms with Crippen LogP contribution < -0.4 is 15.0 Å². The van der Waals surface area contributed by atoms with Crippen LogP contribution in [0.2, 0.25) is 0 Å². The number of halogens is 2. The molecular formula is C22H22F2N2O3. The predicted octanol–water partition coefficient (Wildman–Crippen LogP) is 4.28. The molecule has 1 heterocycles. The van der Waals surface area contributed by atoms with Crippen LogP contribution in [0.4, 0.5) is 20.2 Å². The molecule has 2 aromatic rings. The van der Waals surface area contributed by atoms with Crippen LogP contribution in [-0.2, 0) is 9.59 Å². The van der Waals surface area contributed by atoms with E-state index in [0.29, 0.717) is 11.4 Å². The number of carbonyl (C=O) groups is 2. The van der Waals surface area contributed by atoms with Gasteiger partial charge in [0.1, 0.15) is 17.4 Å².